The van der Waals surface area contributed by atoms with Gasteiger partial charge in [-0.15, -0.1) is 21.5 Å². The maximum atomic E-state index is 12.8. The van der Waals surface area contributed by atoms with Gasteiger partial charge in [0.15, 0.2) is 28.6 Å². The number of amides is 1. The molecular weight excluding hydrogens is 494 g/mol. The molecule has 1 aliphatic carbocycles. The fraction of sp³-hybridized carbons (Fsp3) is 0.462. The van der Waals surface area contributed by atoms with Crippen LogP contribution < -0.4 is 14.8 Å². The van der Waals surface area contributed by atoms with E-state index < -0.39 is 0 Å². The molecule has 8 nitrogen and oxygen atoms in total. The van der Waals surface area contributed by atoms with Crippen LogP contribution in [0.25, 0.3) is 0 Å². The third kappa shape index (κ3) is 5.85. The topological polar surface area (TPSA) is 102 Å². The lowest BCUT2D eigenvalue weighted by atomic mass is 9.96. The molecule has 0 spiro atoms. The molecule has 1 N–H and O–H groups in total. The second kappa shape index (κ2) is 11.8. The van der Waals surface area contributed by atoms with Crippen LogP contribution in [0.5, 0.6) is 11.5 Å². The fourth-order valence-electron chi connectivity index (χ4n) is 4.27. The lowest BCUT2D eigenvalue weighted by Crippen LogP contribution is -2.17. The van der Waals surface area contributed by atoms with Crippen molar-refractivity contribution in [2.45, 2.75) is 64.3 Å². The zero-order chi connectivity index (χ0) is 25.7. The van der Waals surface area contributed by atoms with Gasteiger partial charge in [-0.05, 0) is 56.2 Å². The number of nitrogens with zero attached hydrogens (tertiary/aromatic N) is 4. The average Bonchev–Trinajstić information content (AvgIpc) is 3.42. The monoisotopic (exact) mass is 525 g/mol. The smallest absolute Gasteiger partial charge is 0.235 e. The van der Waals surface area contributed by atoms with Crippen molar-refractivity contribution in [1.82, 2.24) is 14.8 Å². The van der Waals surface area contributed by atoms with E-state index in [2.05, 4.69) is 35.4 Å². The van der Waals surface area contributed by atoms with Gasteiger partial charge in [-0.3, -0.25) is 4.79 Å². The Morgan fingerprint density at radius 2 is 1.97 bits per heavy atom. The van der Waals surface area contributed by atoms with Gasteiger partial charge < -0.3 is 19.4 Å². The standard InChI is InChI=1S/C26H31N5O3S2/c1-16(2)14-31-24(17(3)34-21-11-7-6-10-20(21)33-4)29-30-26(31)35-15-23(32)28-25-19(13-27)18-9-5-8-12-22(18)36-25/h6-7,10-11,16-17H,5,8-9,12,14-15H2,1-4H3,(H,28,32). The number of thiophene rings is 1. The Balaban J connectivity index is 1.46. The van der Waals surface area contributed by atoms with E-state index in [0.717, 1.165) is 31.2 Å². The predicted molar refractivity (Wildman–Crippen MR) is 142 cm³/mol. The molecular formula is C26H31N5O3S2. The molecule has 10 heteroatoms. The molecule has 2 aromatic heterocycles. The van der Waals surface area contributed by atoms with Crippen molar-refractivity contribution in [1.29, 1.82) is 5.26 Å². The van der Waals surface area contributed by atoms with Gasteiger partial charge in [0.05, 0.1) is 18.4 Å². The molecule has 0 saturated carbocycles. The van der Waals surface area contributed by atoms with Gasteiger partial charge in [-0.1, -0.05) is 37.7 Å². The number of nitriles is 1. The number of aromatic nitrogens is 3. The molecule has 0 bridgehead atoms. The van der Waals surface area contributed by atoms with Crippen LogP contribution in [-0.4, -0.2) is 33.5 Å². The van der Waals surface area contributed by atoms with Crippen LogP contribution >= 0.6 is 23.1 Å². The van der Waals surface area contributed by atoms with Crippen molar-refractivity contribution < 1.29 is 14.3 Å². The number of hydrogen-bond donors (Lipinski definition) is 1. The Morgan fingerprint density at radius 3 is 2.69 bits per heavy atom. The van der Waals surface area contributed by atoms with Crippen molar-refractivity contribution in [3.63, 3.8) is 0 Å². The quantitative estimate of drug-likeness (QED) is 0.343. The number of para-hydroxylation sites is 2. The summed E-state index contributed by atoms with van der Waals surface area (Å²) < 4.78 is 13.6. The van der Waals surface area contributed by atoms with Crippen LogP contribution in [0.3, 0.4) is 0 Å². The summed E-state index contributed by atoms with van der Waals surface area (Å²) >= 11 is 2.87. The molecule has 0 radical (unpaired) electrons. The third-order valence-corrected chi connectivity index (χ3v) is 8.07. The highest BCUT2D eigenvalue weighted by molar-refractivity contribution is 7.99. The maximum Gasteiger partial charge on any atom is 0.235 e. The Morgan fingerprint density at radius 1 is 1.22 bits per heavy atom. The molecule has 0 fully saturated rings. The first-order valence-corrected chi connectivity index (χ1v) is 13.9. The average molecular weight is 526 g/mol. The van der Waals surface area contributed by atoms with Gasteiger partial charge >= 0.3 is 0 Å². The van der Waals surface area contributed by atoms with E-state index in [4.69, 9.17) is 9.47 Å². The predicted octanol–water partition coefficient (Wildman–Crippen LogP) is 5.63. The second-order valence-corrected chi connectivity index (χ2v) is 11.2. The van der Waals surface area contributed by atoms with E-state index in [1.807, 2.05) is 35.8 Å². The van der Waals surface area contributed by atoms with Crippen LogP contribution in [0.15, 0.2) is 29.4 Å². The Hall–Kier alpha value is -3.03. The van der Waals surface area contributed by atoms with Crippen LogP contribution in [0.2, 0.25) is 0 Å². The molecule has 1 aromatic carbocycles. The number of carbonyl (C=O) groups excluding carboxylic acids is 1. The number of anilines is 1. The SMILES string of the molecule is COc1ccccc1OC(C)c1nnc(SCC(=O)Nc2sc3c(c2C#N)CCCC3)n1CC(C)C. The van der Waals surface area contributed by atoms with E-state index in [0.29, 0.717) is 45.5 Å². The van der Waals surface area contributed by atoms with Gasteiger partial charge in [0.1, 0.15) is 11.1 Å². The maximum absolute atomic E-state index is 12.8. The minimum Gasteiger partial charge on any atom is -0.493 e. The highest BCUT2D eigenvalue weighted by atomic mass is 32.2. The molecule has 1 aliphatic rings. The molecule has 2 heterocycles. The number of benzene rings is 1. The largest absolute Gasteiger partial charge is 0.493 e. The van der Waals surface area contributed by atoms with Gasteiger partial charge in [-0.2, -0.15) is 5.26 Å². The van der Waals surface area contributed by atoms with E-state index in [1.165, 1.54) is 28.0 Å². The van der Waals surface area contributed by atoms with Gasteiger partial charge in [0.25, 0.3) is 0 Å². The number of thioether (sulfide) groups is 1. The Kier molecular flexibility index (Phi) is 8.54. The molecule has 4 rings (SSSR count). The summed E-state index contributed by atoms with van der Waals surface area (Å²) in [6.07, 6.45) is 3.75. The summed E-state index contributed by atoms with van der Waals surface area (Å²) in [6.45, 7) is 6.87. The van der Waals surface area contributed by atoms with Crippen molar-refractivity contribution in [2.75, 3.05) is 18.2 Å². The molecule has 1 amide bonds. The lowest BCUT2D eigenvalue weighted by Gasteiger charge is -2.19. The van der Waals surface area contributed by atoms with E-state index in [1.54, 1.807) is 7.11 Å². The lowest BCUT2D eigenvalue weighted by molar-refractivity contribution is -0.113. The first kappa shape index (κ1) is 26.0. The van der Waals surface area contributed by atoms with E-state index >= 15 is 0 Å². The Bertz CT molecular complexity index is 1260. The Labute approximate surface area is 220 Å². The van der Waals surface area contributed by atoms with Crippen LogP contribution in [0.4, 0.5) is 5.00 Å². The number of carbonyl (C=O) groups is 1. The molecule has 3 aromatic rings. The summed E-state index contributed by atoms with van der Waals surface area (Å²) in [4.78, 5) is 14.0. The summed E-state index contributed by atoms with van der Waals surface area (Å²) in [5, 5.41) is 22.7. The summed E-state index contributed by atoms with van der Waals surface area (Å²) in [6, 6.07) is 9.79. The molecule has 0 aliphatic heterocycles. The van der Waals surface area contributed by atoms with Crippen LogP contribution in [0, 0.1) is 17.2 Å². The number of fused-ring (bicyclic) bond motifs is 1. The number of ether oxygens (including phenoxy) is 2. The van der Waals surface area contributed by atoms with Crippen LogP contribution in [0.1, 0.15) is 61.5 Å². The zero-order valence-electron chi connectivity index (χ0n) is 21.0. The third-order valence-electron chi connectivity index (χ3n) is 5.90. The number of nitrogens with one attached hydrogen (secondary N) is 1. The zero-order valence-corrected chi connectivity index (χ0v) is 22.7. The van der Waals surface area contributed by atoms with Gasteiger partial charge in [0.2, 0.25) is 5.91 Å². The molecule has 36 heavy (non-hydrogen) atoms. The number of rotatable bonds is 10. The van der Waals surface area contributed by atoms with E-state index in [-0.39, 0.29) is 17.8 Å². The molecule has 0 saturated heterocycles. The highest BCUT2D eigenvalue weighted by Gasteiger charge is 2.24. The first-order valence-electron chi connectivity index (χ1n) is 12.1. The van der Waals surface area contributed by atoms with Crippen LogP contribution in [-0.2, 0) is 24.2 Å². The van der Waals surface area contributed by atoms with E-state index in [9.17, 15) is 10.1 Å². The number of methoxy groups -OCH3 is 1. The van der Waals surface area contributed by atoms with Crippen molar-refractivity contribution in [3.8, 4) is 17.6 Å². The molecule has 1 unspecified atom stereocenters. The van der Waals surface area contributed by atoms with Crippen molar-refractivity contribution in [3.05, 3.63) is 46.1 Å². The normalized spacial score (nSPS) is 13.7. The fourth-order valence-corrected chi connectivity index (χ4v) is 6.28. The minimum atomic E-state index is -0.369. The second-order valence-electron chi connectivity index (χ2n) is 9.12. The summed E-state index contributed by atoms with van der Waals surface area (Å²) in [7, 11) is 1.61. The number of aryl methyl sites for hydroxylation is 1. The molecule has 190 valence electrons. The summed E-state index contributed by atoms with van der Waals surface area (Å²) in [5.74, 6) is 2.33. The van der Waals surface area contributed by atoms with Crippen molar-refractivity contribution >= 4 is 34.0 Å². The summed E-state index contributed by atoms with van der Waals surface area (Å²) in [5.41, 5.74) is 1.74. The first-order chi connectivity index (χ1) is 17.4. The molecule has 1 atom stereocenters. The van der Waals surface area contributed by atoms with Crippen molar-refractivity contribution in [2.24, 2.45) is 5.92 Å². The minimum absolute atomic E-state index is 0.158. The number of hydrogen-bond acceptors (Lipinski definition) is 8. The highest BCUT2D eigenvalue weighted by Crippen LogP contribution is 2.38. The van der Waals surface area contributed by atoms with Gasteiger partial charge in [0, 0.05) is 11.4 Å². The van der Waals surface area contributed by atoms with Gasteiger partial charge in [-0.25, -0.2) is 0 Å².